The van der Waals surface area contributed by atoms with Crippen molar-refractivity contribution in [1.82, 2.24) is 14.6 Å². The van der Waals surface area contributed by atoms with Crippen molar-refractivity contribution in [3.05, 3.63) is 80.3 Å². The van der Waals surface area contributed by atoms with Gasteiger partial charge in [0, 0.05) is 30.6 Å². The zero-order valence-electron chi connectivity index (χ0n) is 26.9. The molecule has 0 spiro atoms. The van der Waals surface area contributed by atoms with Crippen molar-refractivity contribution in [2.45, 2.75) is 69.7 Å². The van der Waals surface area contributed by atoms with E-state index in [1.54, 1.807) is 35.6 Å². The summed E-state index contributed by atoms with van der Waals surface area (Å²) >= 11 is 1.54. The molecular formula is C32H40N4O10S2. The molecule has 3 heterocycles. The molecule has 2 aliphatic rings. The Hall–Kier alpha value is -3.67. The number of nitro benzene ring substituents is 1. The Bertz CT molecular complexity index is 1650. The Morgan fingerprint density at radius 1 is 1.17 bits per heavy atom. The first-order chi connectivity index (χ1) is 22.9. The number of ether oxygens (including phenoxy) is 4. The third-order valence-electron chi connectivity index (χ3n) is 8.09. The lowest BCUT2D eigenvalue weighted by Crippen LogP contribution is -2.51. The van der Waals surface area contributed by atoms with E-state index in [1.165, 1.54) is 12.1 Å². The number of thiazole rings is 1. The summed E-state index contributed by atoms with van der Waals surface area (Å²) in [6.07, 6.45) is -2.24. The summed E-state index contributed by atoms with van der Waals surface area (Å²) < 4.78 is 51.2. The molecule has 14 nitrogen and oxygen atoms in total. The summed E-state index contributed by atoms with van der Waals surface area (Å²) in [5.74, 6) is 0.403. The molecule has 2 aliphatic heterocycles. The van der Waals surface area contributed by atoms with Crippen LogP contribution in [0.3, 0.4) is 0 Å². The van der Waals surface area contributed by atoms with Crippen LogP contribution in [0, 0.1) is 28.9 Å². The number of hydrogen-bond acceptors (Lipinski definition) is 12. The van der Waals surface area contributed by atoms with Gasteiger partial charge in [0.15, 0.2) is 6.29 Å². The zero-order chi connectivity index (χ0) is 34.4. The molecule has 2 N–H and O–H groups in total. The van der Waals surface area contributed by atoms with Crippen LogP contribution in [0.15, 0.2) is 58.8 Å². The number of non-ortho nitro benzene ring substituents is 1. The van der Waals surface area contributed by atoms with Gasteiger partial charge >= 0.3 is 6.09 Å². The Kier molecular flexibility index (Phi) is 11.7. The minimum Gasteiger partial charge on any atom is -0.487 e. The standard InChI is InChI=1S/C32H40N4O10S2/c1-20(2)15-35(48(41,42)26-10-6-24(7-11-26)36(39)40)16-29(37)28(34-32(38)46-30-18-45-31-27(30)12-13-43-31)14-22-4-8-25(9-5-22)44-17-23-19-47-21(3)33-23/h4-11,19-20,27-31,37H,12-18H2,1-3H3,(H,34,38)/t27-,28-,29+,30?,31+/m0/s1. The fourth-order valence-corrected chi connectivity index (χ4v) is 7.88. The number of aromatic nitrogens is 1. The number of carbonyl (C=O) groups is 1. The number of rotatable bonds is 15. The van der Waals surface area contributed by atoms with Gasteiger partial charge in [0.1, 0.15) is 18.5 Å². The lowest BCUT2D eigenvalue weighted by Gasteiger charge is -2.31. The molecule has 0 aliphatic carbocycles. The molecule has 2 fully saturated rings. The highest BCUT2D eigenvalue weighted by atomic mass is 32.2. The zero-order valence-corrected chi connectivity index (χ0v) is 28.5. The number of nitro groups is 1. The average molecular weight is 705 g/mol. The highest BCUT2D eigenvalue weighted by Crippen LogP contribution is 2.33. The largest absolute Gasteiger partial charge is 0.487 e. The van der Waals surface area contributed by atoms with Gasteiger partial charge in [-0.3, -0.25) is 10.1 Å². The molecule has 1 aromatic heterocycles. The van der Waals surface area contributed by atoms with Crippen LogP contribution in [-0.4, -0.2) is 84.7 Å². The van der Waals surface area contributed by atoms with E-state index < -0.39 is 45.6 Å². The smallest absolute Gasteiger partial charge is 0.407 e. The number of amides is 1. The number of carbonyl (C=O) groups excluding carboxylic acids is 1. The molecule has 0 bridgehead atoms. The number of nitrogens with zero attached hydrogens (tertiary/aromatic N) is 3. The summed E-state index contributed by atoms with van der Waals surface area (Å²) in [6.45, 7) is 6.30. The number of sulfonamides is 1. The number of alkyl carbamates (subject to hydrolysis) is 1. The first-order valence-electron chi connectivity index (χ1n) is 15.6. The number of fused-ring (bicyclic) bond motifs is 1. The number of aliphatic hydroxyl groups excluding tert-OH is 1. The van der Waals surface area contributed by atoms with E-state index >= 15 is 0 Å². The predicted octanol–water partition coefficient (Wildman–Crippen LogP) is 4.05. The van der Waals surface area contributed by atoms with Gasteiger partial charge in [0.05, 0.1) is 51.8 Å². The molecule has 5 rings (SSSR count). The van der Waals surface area contributed by atoms with Crippen molar-refractivity contribution < 1.29 is 42.2 Å². The van der Waals surface area contributed by atoms with Crippen molar-refractivity contribution in [3.8, 4) is 5.75 Å². The van der Waals surface area contributed by atoms with Crippen molar-refractivity contribution in [2.75, 3.05) is 26.3 Å². The van der Waals surface area contributed by atoms with Crippen molar-refractivity contribution in [2.24, 2.45) is 11.8 Å². The maximum atomic E-state index is 13.7. The van der Waals surface area contributed by atoms with Gasteiger partial charge in [-0.25, -0.2) is 18.2 Å². The van der Waals surface area contributed by atoms with Crippen molar-refractivity contribution in [1.29, 1.82) is 0 Å². The van der Waals surface area contributed by atoms with Crippen molar-refractivity contribution in [3.63, 3.8) is 0 Å². The summed E-state index contributed by atoms with van der Waals surface area (Å²) in [5.41, 5.74) is 1.33. The van der Waals surface area contributed by atoms with Gasteiger partial charge < -0.3 is 29.4 Å². The summed E-state index contributed by atoms with van der Waals surface area (Å²) in [7, 11) is -4.17. The fourth-order valence-electron chi connectivity index (χ4n) is 5.66. The van der Waals surface area contributed by atoms with Gasteiger partial charge in [-0.15, -0.1) is 11.3 Å². The maximum absolute atomic E-state index is 13.7. The van der Waals surface area contributed by atoms with Crippen LogP contribution < -0.4 is 10.1 Å². The van der Waals surface area contributed by atoms with E-state index in [0.29, 0.717) is 25.4 Å². The Morgan fingerprint density at radius 3 is 2.54 bits per heavy atom. The molecule has 260 valence electrons. The second-order valence-electron chi connectivity index (χ2n) is 12.2. The highest BCUT2D eigenvalue weighted by Gasteiger charge is 2.44. The topological polar surface area (TPSA) is 180 Å². The van der Waals surface area contributed by atoms with E-state index in [2.05, 4.69) is 10.3 Å². The summed E-state index contributed by atoms with van der Waals surface area (Å²) in [4.78, 5) is 27.9. The predicted molar refractivity (Wildman–Crippen MR) is 175 cm³/mol. The number of benzene rings is 2. The Morgan fingerprint density at radius 2 is 1.90 bits per heavy atom. The van der Waals surface area contributed by atoms with E-state index in [0.717, 1.165) is 32.7 Å². The molecule has 16 heteroatoms. The van der Waals surface area contributed by atoms with Crippen LogP contribution in [0.25, 0.3) is 0 Å². The van der Waals surface area contributed by atoms with Gasteiger partial charge in [-0.2, -0.15) is 4.31 Å². The van der Waals surface area contributed by atoms with E-state index in [-0.39, 0.29) is 48.5 Å². The minimum atomic E-state index is -4.17. The molecule has 2 aromatic carbocycles. The number of nitrogens with one attached hydrogen (secondary N) is 1. The fraction of sp³-hybridized carbons (Fsp3) is 0.500. The molecule has 1 unspecified atom stereocenters. The molecular weight excluding hydrogens is 665 g/mol. The minimum absolute atomic E-state index is 0.0561. The first kappa shape index (κ1) is 35.6. The molecule has 0 saturated carbocycles. The summed E-state index contributed by atoms with van der Waals surface area (Å²) in [5, 5.41) is 28.3. The average Bonchev–Trinajstić information content (AvgIpc) is 3.79. The SMILES string of the molecule is Cc1nc(COc2ccc(C[C@H](NC(=O)OC3CO[C@H]4OCC[C@@H]34)[C@H](O)CN(CC(C)C)S(=O)(=O)c3ccc([N+](=O)[O-])cc3)cc2)cs1. The van der Waals surface area contributed by atoms with Crippen LogP contribution in [0.2, 0.25) is 0 Å². The van der Waals surface area contributed by atoms with Crippen LogP contribution in [0.1, 0.15) is 36.5 Å². The molecule has 48 heavy (non-hydrogen) atoms. The number of aryl methyl sites for hydroxylation is 1. The van der Waals surface area contributed by atoms with Gasteiger partial charge in [-0.1, -0.05) is 26.0 Å². The summed E-state index contributed by atoms with van der Waals surface area (Å²) in [6, 6.07) is 10.8. The first-order valence-corrected chi connectivity index (χ1v) is 18.0. The molecule has 5 atom stereocenters. The normalized spacial score (nSPS) is 20.4. The Labute approximate surface area is 283 Å². The Balaban J connectivity index is 1.32. The van der Waals surface area contributed by atoms with Crippen LogP contribution in [0.5, 0.6) is 5.75 Å². The van der Waals surface area contributed by atoms with E-state index in [1.807, 2.05) is 26.2 Å². The van der Waals surface area contributed by atoms with Crippen LogP contribution >= 0.6 is 11.3 Å². The molecule has 2 saturated heterocycles. The van der Waals surface area contributed by atoms with Crippen LogP contribution in [-0.2, 0) is 37.3 Å². The number of aliphatic hydroxyl groups is 1. The second kappa shape index (κ2) is 15.7. The maximum Gasteiger partial charge on any atom is 0.407 e. The van der Waals surface area contributed by atoms with Gasteiger partial charge in [0.25, 0.3) is 5.69 Å². The quantitative estimate of drug-likeness (QED) is 0.172. The molecule has 0 radical (unpaired) electrons. The molecule has 3 aromatic rings. The van der Waals surface area contributed by atoms with E-state index in [9.17, 15) is 28.4 Å². The van der Waals surface area contributed by atoms with E-state index in [4.69, 9.17) is 18.9 Å². The second-order valence-corrected chi connectivity index (χ2v) is 15.2. The van der Waals surface area contributed by atoms with Crippen molar-refractivity contribution >= 4 is 33.1 Å². The van der Waals surface area contributed by atoms with Gasteiger partial charge in [-0.05, 0) is 55.5 Å². The lowest BCUT2D eigenvalue weighted by atomic mass is 10.0. The molecule has 1 amide bonds. The lowest BCUT2D eigenvalue weighted by molar-refractivity contribution is -0.384. The third kappa shape index (κ3) is 9.06. The van der Waals surface area contributed by atoms with Crippen LogP contribution in [0.4, 0.5) is 10.5 Å². The van der Waals surface area contributed by atoms with Gasteiger partial charge in [0.2, 0.25) is 10.0 Å². The highest BCUT2D eigenvalue weighted by molar-refractivity contribution is 7.89. The number of hydrogen-bond donors (Lipinski definition) is 2. The third-order valence-corrected chi connectivity index (χ3v) is 10.8. The monoisotopic (exact) mass is 704 g/mol.